The molecule has 5 heteroatoms. The number of benzene rings is 2. The molecule has 0 saturated carbocycles. The molecule has 5 rings (SSSR count). The fraction of sp³-hybridized carbons (Fsp3) is 0.355. The van der Waals surface area contributed by atoms with Crippen LogP contribution >= 0.6 is 0 Å². The van der Waals surface area contributed by atoms with Gasteiger partial charge in [-0.1, -0.05) is 19.9 Å². The smallest absolute Gasteiger partial charge is 0.337 e. The number of nitrogens with one attached hydrogen (secondary N) is 1. The molecule has 3 aliphatic rings. The van der Waals surface area contributed by atoms with Crippen LogP contribution in [0.4, 0.5) is 11.4 Å². The highest BCUT2D eigenvalue weighted by molar-refractivity contribution is 6.06. The van der Waals surface area contributed by atoms with Gasteiger partial charge in [0.15, 0.2) is 5.71 Å². The van der Waals surface area contributed by atoms with Crippen LogP contribution in [0.1, 0.15) is 54.2 Å². The van der Waals surface area contributed by atoms with Crippen LogP contribution in [0, 0.1) is 0 Å². The second-order valence-corrected chi connectivity index (χ2v) is 10.5. The van der Waals surface area contributed by atoms with Gasteiger partial charge in [-0.3, -0.25) is 0 Å². The summed E-state index contributed by atoms with van der Waals surface area (Å²) in [6.45, 7) is 9.04. The summed E-state index contributed by atoms with van der Waals surface area (Å²) in [5, 5.41) is 3.71. The van der Waals surface area contributed by atoms with E-state index < -0.39 is 0 Å². The number of carbonyl (C=O) groups is 1. The Kier molecular flexibility index (Phi) is 6.11. The molecule has 0 amide bonds. The van der Waals surface area contributed by atoms with E-state index >= 15 is 0 Å². The fourth-order valence-corrected chi connectivity index (χ4v) is 5.72. The Morgan fingerprint density at radius 1 is 1.17 bits per heavy atom. The summed E-state index contributed by atoms with van der Waals surface area (Å²) < 4.78 is 7.11. The quantitative estimate of drug-likeness (QED) is 0.457. The molecule has 0 unspecified atom stereocenters. The number of nitrogens with zero attached hydrogens (tertiary/aromatic N) is 2. The fourth-order valence-electron chi connectivity index (χ4n) is 5.72. The Balaban J connectivity index is 1.73. The van der Waals surface area contributed by atoms with Gasteiger partial charge in [0.05, 0.1) is 18.4 Å². The summed E-state index contributed by atoms with van der Waals surface area (Å²) in [4.78, 5) is 14.7. The number of allylic oxidation sites excluding steroid dienone is 5. The average molecular weight is 483 g/mol. The highest BCUT2D eigenvalue weighted by Gasteiger charge is 2.39. The van der Waals surface area contributed by atoms with Crippen LogP contribution in [0.5, 0.6) is 0 Å². The minimum atomic E-state index is -0.335. The van der Waals surface area contributed by atoms with Gasteiger partial charge in [-0.05, 0) is 72.9 Å². The van der Waals surface area contributed by atoms with Crippen molar-refractivity contribution in [3.8, 4) is 0 Å². The van der Waals surface area contributed by atoms with Crippen LogP contribution < -0.4 is 10.2 Å². The van der Waals surface area contributed by atoms with Gasteiger partial charge in [-0.25, -0.2) is 9.37 Å². The highest BCUT2D eigenvalue weighted by atomic mass is 16.5. The van der Waals surface area contributed by atoms with E-state index in [0.717, 1.165) is 30.9 Å². The molecule has 2 aliphatic carbocycles. The summed E-state index contributed by atoms with van der Waals surface area (Å²) in [5.74, 6) is -0.335. The number of fused-ring (bicyclic) bond motifs is 3. The molecular weight excluding hydrogens is 446 g/mol. The second-order valence-electron chi connectivity index (χ2n) is 10.5. The van der Waals surface area contributed by atoms with Gasteiger partial charge in [0.1, 0.15) is 14.1 Å². The lowest BCUT2D eigenvalue weighted by atomic mass is 9.66. The molecule has 0 bridgehead atoms. The third-order valence-electron chi connectivity index (χ3n) is 7.77. The van der Waals surface area contributed by atoms with E-state index in [1.807, 2.05) is 18.2 Å². The first-order valence-electron chi connectivity index (χ1n) is 12.8. The van der Waals surface area contributed by atoms with Gasteiger partial charge >= 0.3 is 5.97 Å². The number of ether oxygens (including phenoxy) is 1. The topological polar surface area (TPSA) is 44.6 Å². The molecule has 1 aliphatic heterocycles. The van der Waals surface area contributed by atoms with Gasteiger partial charge in [0.2, 0.25) is 0 Å². The Bertz CT molecular complexity index is 1370. The minimum Gasteiger partial charge on any atom is -0.465 e. The number of aryl methyl sites for hydroxylation is 1. The molecule has 1 N–H and O–H groups in total. The van der Waals surface area contributed by atoms with Crippen molar-refractivity contribution in [2.45, 2.75) is 39.0 Å². The van der Waals surface area contributed by atoms with Crippen molar-refractivity contribution in [2.24, 2.45) is 0 Å². The Morgan fingerprint density at radius 2 is 1.97 bits per heavy atom. The number of rotatable bonds is 4. The highest BCUT2D eigenvalue weighted by Crippen LogP contribution is 2.50. The van der Waals surface area contributed by atoms with Gasteiger partial charge in [-0.15, -0.1) is 0 Å². The largest absolute Gasteiger partial charge is 0.465 e. The summed E-state index contributed by atoms with van der Waals surface area (Å²) in [7, 11) is 5.59. The molecule has 36 heavy (non-hydrogen) atoms. The van der Waals surface area contributed by atoms with Crippen LogP contribution in [0.2, 0.25) is 0 Å². The van der Waals surface area contributed by atoms with Crippen LogP contribution in [0.15, 0.2) is 65.8 Å². The van der Waals surface area contributed by atoms with Gasteiger partial charge in [0.25, 0.3) is 0 Å². The first kappa shape index (κ1) is 24.1. The van der Waals surface area contributed by atoms with E-state index in [4.69, 9.17) is 4.74 Å². The third kappa shape index (κ3) is 3.97. The van der Waals surface area contributed by atoms with E-state index in [1.54, 1.807) is 6.07 Å². The van der Waals surface area contributed by atoms with E-state index in [2.05, 4.69) is 80.0 Å². The van der Waals surface area contributed by atoms with Gasteiger partial charge < -0.3 is 15.0 Å². The second kappa shape index (κ2) is 9.12. The molecule has 5 nitrogen and oxygen atoms in total. The summed E-state index contributed by atoms with van der Waals surface area (Å²) >= 11 is 0. The molecule has 0 radical (unpaired) electrons. The zero-order valence-corrected chi connectivity index (χ0v) is 22.2. The molecule has 2 aromatic rings. The molecule has 0 aromatic heterocycles. The lowest BCUT2D eigenvalue weighted by Crippen LogP contribution is -2.34. The molecule has 2 aromatic carbocycles. The van der Waals surface area contributed by atoms with Crippen molar-refractivity contribution >= 4 is 28.8 Å². The Morgan fingerprint density at radius 3 is 2.69 bits per heavy atom. The number of carbonyl (C=O) groups excluding carboxylic acids is 1. The van der Waals surface area contributed by atoms with E-state index in [0.29, 0.717) is 5.56 Å². The molecule has 0 spiro atoms. The number of hydrogen-bond donors (Lipinski definition) is 1. The number of hydrogen-bond acceptors (Lipinski definition) is 4. The molecule has 0 fully saturated rings. The van der Waals surface area contributed by atoms with E-state index in [1.165, 1.54) is 52.8 Å². The van der Waals surface area contributed by atoms with Crippen LogP contribution in [0.3, 0.4) is 0 Å². The van der Waals surface area contributed by atoms with Crippen LogP contribution in [-0.2, 0) is 16.6 Å². The van der Waals surface area contributed by atoms with Gasteiger partial charge in [-0.2, -0.15) is 0 Å². The van der Waals surface area contributed by atoms with Crippen molar-refractivity contribution in [1.82, 2.24) is 0 Å². The standard InChI is InChI=1S/C31H35N3O2/c1-7-34-15-9-11-20-17-25-27(19-28(20)34)31(2,3)26-18-23(33(4)5)13-14-24(26)29(25)32-22-12-8-10-21(16-22)30(35)36-6/h8,10,12-14,16-19H,7,9,11,15H2,1-6H3/p+1. The number of methoxy groups -OCH3 is 1. The van der Waals surface area contributed by atoms with Crippen LogP contribution in [0.25, 0.3) is 5.70 Å². The summed E-state index contributed by atoms with van der Waals surface area (Å²) in [6, 6.07) is 12.4. The first-order valence-corrected chi connectivity index (χ1v) is 12.8. The Hall–Kier alpha value is -3.60. The van der Waals surface area contributed by atoms with Crippen molar-refractivity contribution in [2.75, 3.05) is 44.5 Å². The first-order chi connectivity index (χ1) is 17.2. The molecule has 0 atom stereocenters. The lowest BCUT2D eigenvalue weighted by Gasteiger charge is -2.41. The van der Waals surface area contributed by atoms with E-state index in [9.17, 15) is 4.79 Å². The predicted molar refractivity (Wildman–Crippen MR) is 148 cm³/mol. The molecule has 0 saturated heterocycles. The maximum atomic E-state index is 12.2. The van der Waals surface area contributed by atoms with Crippen molar-refractivity contribution in [3.63, 3.8) is 0 Å². The van der Waals surface area contributed by atoms with Gasteiger partial charge in [0, 0.05) is 53.2 Å². The summed E-state index contributed by atoms with van der Waals surface area (Å²) in [6.07, 6.45) is 9.01. The van der Waals surface area contributed by atoms with Crippen LogP contribution in [-0.4, -0.2) is 50.6 Å². The van der Waals surface area contributed by atoms with Crippen molar-refractivity contribution in [3.05, 3.63) is 88.0 Å². The zero-order valence-electron chi connectivity index (χ0n) is 22.2. The predicted octanol–water partition coefficient (Wildman–Crippen LogP) is 5.57. The van der Waals surface area contributed by atoms with E-state index in [-0.39, 0.29) is 11.4 Å². The molecule has 1 heterocycles. The van der Waals surface area contributed by atoms with Crippen molar-refractivity contribution < 1.29 is 14.1 Å². The zero-order chi connectivity index (χ0) is 25.6. The minimum absolute atomic E-state index is 0.165. The SMILES string of the molecule is CCN1CCCc2cc3c(cc21)C(C)(C)C1=CC(=[N+](C)C)C=CC1=C3Nc1cccc(C(=O)OC)c1. The lowest BCUT2D eigenvalue weighted by molar-refractivity contribution is -0.462. The maximum Gasteiger partial charge on any atom is 0.337 e. The third-order valence-corrected chi connectivity index (χ3v) is 7.77. The normalized spacial score (nSPS) is 17.7. The number of anilines is 2. The summed E-state index contributed by atoms with van der Waals surface area (Å²) in [5.41, 5.74) is 11.4. The molecular formula is C31H36N3O2+. The average Bonchev–Trinajstić information content (AvgIpc) is 2.89. The van der Waals surface area contributed by atoms with Crippen molar-refractivity contribution in [1.29, 1.82) is 0 Å². The molecule has 186 valence electrons. The monoisotopic (exact) mass is 482 g/mol. The number of esters is 1. The maximum absolute atomic E-state index is 12.2. The Labute approximate surface area is 214 Å².